The third kappa shape index (κ3) is 10.2. The van der Waals surface area contributed by atoms with E-state index in [9.17, 15) is 167 Å². The minimum absolute atomic E-state index is 0.182. The lowest BCUT2D eigenvalue weighted by Crippen LogP contribution is -2.85. The van der Waals surface area contributed by atoms with Crippen LogP contribution in [-0.2, 0) is 17.7 Å². The SMILES string of the molecule is CCO[Si](OCC)(C(F)(F)C(F)(F)C(F)(F)C(F)(F)C(F)(F)C(F)(F)F)C(F)(F)C(F)(F)C(F)(F)C(F)(F)C(F)(F)C(F)(F)F.CCO[Si](OCC)(c1c(F)c(F)c(F)c(F)c1F)c1c(F)c(F)c(C(F)=C(F)F)c(F)c1F. The van der Waals surface area contributed by atoms with Crippen molar-refractivity contribution < 1.29 is 185 Å². The molecular weight excluding hydrogens is 1250 g/mol. The predicted molar refractivity (Wildman–Crippen MR) is 182 cm³/mol. The lowest BCUT2D eigenvalue weighted by atomic mass is 9.98. The topological polar surface area (TPSA) is 36.9 Å². The van der Waals surface area contributed by atoms with Crippen LogP contribution >= 0.6 is 0 Å². The summed E-state index contributed by atoms with van der Waals surface area (Å²) in [6, 6.07) is 0. The minimum Gasteiger partial charge on any atom is -0.388 e. The molecule has 0 aliphatic rings. The van der Waals surface area contributed by atoms with E-state index in [0.717, 1.165) is 13.8 Å². The van der Waals surface area contributed by atoms with E-state index < -0.39 is 195 Å². The van der Waals surface area contributed by atoms with Gasteiger partial charge in [-0.3, -0.25) is 0 Å². The maximum atomic E-state index is 14.9. The van der Waals surface area contributed by atoms with E-state index in [1.165, 1.54) is 0 Å². The maximum absolute atomic E-state index is 14.9. The van der Waals surface area contributed by atoms with Crippen molar-refractivity contribution in [2.75, 3.05) is 26.4 Å². The van der Waals surface area contributed by atoms with Gasteiger partial charge in [-0.2, -0.15) is 123 Å². The van der Waals surface area contributed by atoms with Crippen LogP contribution in [0.15, 0.2) is 6.08 Å². The van der Waals surface area contributed by atoms with Crippen molar-refractivity contribution in [3.05, 3.63) is 64.0 Å². The largest absolute Gasteiger partial charge is 0.503 e. The van der Waals surface area contributed by atoms with E-state index in [4.69, 9.17) is 8.85 Å². The Hall–Kier alpha value is -4.21. The minimum atomic E-state index is -9.95. The highest BCUT2D eigenvalue weighted by Crippen LogP contribution is 2.67. The van der Waals surface area contributed by atoms with Crippen molar-refractivity contribution in [2.24, 2.45) is 0 Å². The van der Waals surface area contributed by atoms with Crippen LogP contribution < -0.4 is 10.4 Å². The molecule has 0 aromatic heterocycles. The summed E-state index contributed by atoms with van der Waals surface area (Å²) in [6.45, 7) is -4.98. The summed E-state index contributed by atoms with van der Waals surface area (Å²) in [7, 11) is -15.9. The molecule has 0 amide bonds. The van der Waals surface area contributed by atoms with Gasteiger partial charge in [-0.25, -0.2) is 43.9 Å². The molecule has 454 valence electrons. The van der Waals surface area contributed by atoms with Gasteiger partial charge in [-0.15, -0.1) is 0 Å². The second kappa shape index (κ2) is 22.3. The molecular formula is C34H20F38O4Si2. The van der Waals surface area contributed by atoms with Gasteiger partial charge >= 0.3 is 94.0 Å². The number of rotatable bonds is 21. The van der Waals surface area contributed by atoms with E-state index in [1.807, 2.05) is 0 Å². The predicted octanol–water partition coefficient (Wildman–Crippen LogP) is 14.2. The quantitative estimate of drug-likeness (QED) is 0.0540. The first kappa shape index (κ1) is 71.8. The Bertz CT molecular complexity index is 2370. The Labute approximate surface area is 407 Å². The Morgan fingerprint density at radius 1 is 0.308 bits per heavy atom. The molecule has 0 radical (unpaired) electrons. The van der Waals surface area contributed by atoms with Gasteiger partial charge in [0.15, 0.2) is 46.5 Å². The van der Waals surface area contributed by atoms with Crippen LogP contribution in [0.5, 0.6) is 0 Å². The Balaban J connectivity index is 0.000000815. The Kier molecular flexibility index (Phi) is 20.5. The van der Waals surface area contributed by atoms with Gasteiger partial charge in [0.05, 0.1) is 15.9 Å². The monoisotopic (exact) mass is 1270 g/mol. The Morgan fingerprint density at radius 2 is 0.526 bits per heavy atom. The molecule has 0 unspecified atom stereocenters. The number of hydrogen-bond acceptors (Lipinski definition) is 4. The molecule has 0 fully saturated rings. The van der Waals surface area contributed by atoms with Crippen LogP contribution in [0.25, 0.3) is 5.83 Å². The second-order valence-corrected chi connectivity index (χ2v) is 20.1. The molecule has 0 aliphatic heterocycles. The number of alkyl halides is 26. The van der Waals surface area contributed by atoms with Crippen LogP contribution in [0.4, 0.5) is 167 Å². The normalized spacial score (nSPS) is 14.7. The molecule has 4 nitrogen and oxygen atoms in total. The van der Waals surface area contributed by atoms with Crippen molar-refractivity contribution in [1.82, 2.24) is 0 Å². The molecule has 2 rings (SSSR count). The highest BCUT2D eigenvalue weighted by Gasteiger charge is 3.01. The average Bonchev–Trinajstić information content (AvgIpc) is 3.28. The highest BCUT2D eigenvalue weighted by atomic mass is 28.4. The fourth-order valence-electron chi connectivity index (χ4n) is 5.92. The molecule has 0 aliphatic carbocycles. The smallest absolute Gasteiger partial charge is 0.388 e. The van der Waals surface area contributed by atoms with Gasteiger partial charge in [-0.05, 0) is 27.7 Å². The molecule has 0 spiro atoms. The van der Waals surface area contributed by atoms with Crippen LogP contribution in [-0.4, -0.2) is 114 Å². The first-order valence-corrected chi connectivity index (χ1v) is 22.6. The van der Waals surface area contributed by atoms with Crippen LogP contribution in [0.3, 0.4) is 0 Å². The first-order valence-electron chi connectivity index (χ1n) is 19.0. The summed E-state index contributed by atoms with van der Waals surface area (Å²) < 4.78 is 535. The third-order valence-corrected chi connectivity index (χ3v) is 16.9. The number of benzene rings is 2. The first-order chi connectivity index (χ1) is 34.4. The maximum Gasteiger partial charge on any atom is 0.503 e. The zero-order valence-corrected chi connectivity index (χ0v) is 38.8. The third-order valence-electron chi connectivity index (χ3n) is 9.60. The second-order valence-electron chi connectivity index (χ2n) is 14.2. The molecule has 2 aromatic rings. The lowest BCUT2D eigenvalue weighted by Gasteiger charge is -2.49. The van der Waals surface area contributed by atoms with E-state index in [1.54, 1.807) is 0 Å². The summed E-state index contributed by atoms with van der Waals surface area (Å²) in [5.74, 6) is -98.9. The summed E-state index contributed by atoms with van der Waals surface area (Å²) in [6.07, 6.45) is -19.6. The van der Waals surface area contributed by atoms with Gasteiger partial charge in [0.25, 0.3) is 0 Å². The summed E-state index contributed by atoms with van der Waals surface area (Å²) in [4.78, 5) is 0. The molecule has 0 saturated carbocycles. The Morgan fingerprint density at radius 3 is 0.744 bits per heavy atom. The zero-order valence-electron chi connectivity index (χ0n) is 36.8. The summed E-state index contributed by atoms with van der Waals surface area (Å²) >= 11 is 0. The fraction of sp³-hybridized carbons (Fsp3) is 0.588. The van der Waals surface area contributed by atoms with Crippen molar-refractivity contribution in [3.63, 3.8) is 0 Å². The van der Waals surface area contributed by atoms with Gasteiger partial charge in [0.2, 0.25) is 11.6 Å². The fourth-order valence-corrected chi connectivity index (χ4v) is 12.4. The lowest BCUT2D eigenvalue weighted by molar-refractivity contribution is -0.442. The number of halogens is 38. The van der Waals surface area contributed by atoms with Crippen LogP contribution in [0, 0.1) is 52.4 Å². The summed E-state index contributed by atoms with van der Waals surface area (Å²) in [5, 5.41) is -4.19. The van der Waals surface area contributed by atoms with E-state index in [-0.39, 0.29) is 13.8 Å². The molecule has 2 aromatic carbocycles. The van der Waals surface area contributed by atoms with Crippen LogP contribution in [0.1, 0.15) is 33.3 Å². The van der Waals surface area contributed by atoms with Crippen molar-refractivity contribution in [2.45, 2.75) is 98.5 Å². The van der Waals surface area contributed by atoms with Gasteiger partial charge < -0.3 is 17.7 Å². The van der Waals surface area contributed by atoms with E-state index in [2.05, 4.69) is 8.85 Å². The summed E-state index contributed by atoms with van der Waals surface area (Å²) in [5.41, 5.74) is -20.0. The van der Waals surface area contributed by atoms with Crippen molar-refractivity contribution >= 4 is 33.3 Å². The van der Waals surface area contributed by atoms with Crippen LogP contribution in [0.2, 0.25) is 0 Å². The molecule has 0 bridgehead atoms. The highest BCUT2D eigenvalue weighted by molar-refractivity contribution is 6.92. The van der Waals surface area contributed by atoms with E-state index >= 15 is 0 Å². The molecule has 78 heavy (non-hydrogen) atoms. The van der Waals surface area contributed by atoms with E-state index in [0.29, 0.717) is 0 Å². The van der Waals surface area contributed by atoms with Gasteiger partial charge in [-0.1, -0.05) is 0 Å². The standard InChI is InChI=1S/C18H10F12O2Si.C16H10F26O2Si/c1-3-31-33(32-4-2,17-14(27)10(23)9(22)11(24)15(17)28)16-12(25)6(19)5(7(20)13(16)26)8(21)18(29)30;1-3-43-45(44-4-2,15(39,40)11(29,30)7(21,22)5(17,18)9(25,26)13(33,34)35)16(41,42)12(31,32)8(23,24)6(19,20)10(27,28)14(36,37)38/h3-4H2,1-2H3;3-4H2,1-2H3. The number of hydrogen-bond donors (Lipinski definition) is 0. The average molecular weight is 1270 g/mol. The molecule has 0 heterocycles. The molecule has 0 saturated heterocycles. The molecule has 0 N–H and O–H groups in total. The molecule has 0 atom stereocenters. The van der Waals surface area contributed by atoms with Crippen molar-refractivity contribution in [3.8, 4) is 0 Å². The van der Waals surface area contributed by atoms with Gasteiger partial charge in [0.1, 0.15) is 0 Å². The zero-order chi connectivity index (χ0) is 62.7. The van der Waals surface area contributed by atoms with Crippen molar-refractivity contribution in [1.29, 1.82) is 0 Å². The van der Waals surface area contributed by atoms with Gasteiger partial charge in [0, 0.05) is 26.4 Å². The molecule has 44 heteroatoms.